The Morgan fingerprint density at radius 2 is 1.66 bits per heavy atom. The number of benzene rings is 2. The van der Waals surface area contributed by atoms with E-state index in [1.54, 1.807) is 28.6 Å². The number of rotatable bonds is 5. The van der Waals surface area contributed by atoms with E-state index in [1.165, 1.54) is 10.9 Å². The lowest BCUT2D eigenvalue weighted by Gasteiger charge is -2.25. The van der Waals surface area contributed by atoms with Gasteiger partial charge in [-0.3, -0.25) is 14.9 Å². The number of aryl methyl sites for hydroxylation is 3. The van der Waals surface area contributed by atoms with Gasteiger partial charge in [0.05, 0.1) is 21.8 Å². The first-order chi connectivity index (χ1) is 15.3. The molecule has 0 saturated carbocycles. The van der Waals surface area contributed by atoms with Crippen molar-refractivity contribution in [1.82, 2.24) is 14.1 Å². The van der Waals surface area contributed by atoms with Gasteiger partial charge in [-0.05, 0) is 69.5 Å². The van der Waals surface area contributed by atoms with Crippen LogP contribution in [-0.2, 0) is 10.0 Å². The molecule has 0 aliphatic carbocycles. The topological polar surface area (TPSA) is 87.5 Å². The van der Waals surface area contributed by atoms with Crippen LogP contribution in [0.2, 0.25) is 0 Å². The van der Waals surface area contributed by atoms with Crippen molar-refractivity contribution in [2.45, 2.75) is 44.9 Å². The number of aromatic nitrogens is 2. The van der Waals surface area contributed by atoms with E-state index in [1.807, 2.05) is 39.0 Å². The average Bonchev–Trinajstić information content (AvgIpc) is 3.06. The molecule has 2 aromatic carbocycles. The maximum Gasteiger partial charge on any atom is 0.280 e. The minimum atomic E-state index is -3.47. The van der Waals surface area contributed by atoms with Crippen LogP contribution in [0.25, 0.3) is 5.69 Å². The van der Waals surface area contributed by atoms with Crippen LogP contribution in [0.15, 0.2) is 57.1 Å². The van der Waals surface area contributed by atoms with Gasteiger partial charge in [0.15, 0.2) is 0 Å². The molecule has 3 aromatic rings. The number of hydrogen-bond donors (Lipinski definition) is 1. The molecule has 1 N–H and O–H groups in total. The maximum atomic E-state index is 13.0. The Kier molecular flexibility index (Phi) is 6.17. The second-order valence-corrected chi connectivity index (χ2v) is 10.2. The zero-order chi connectivity index (χ0) is 22.9. The molecule has 32 heavy (non-hydrogen) atoms. The summed E-state index contributed by atoms with van der Waals surface area (Å²) in [5.74, 6) is 0. The van der Waals surface area contributed by atoms with Crippen LogP contribution in [0.5, 0.6) is 0 Å². The number of nitrogens with one attached hydrogen (secondary N) is 1. The van der Waals surface area contributed by atoms with Gasteiger partial charge in [0, 0.05) is 25.0 Å². The molecule has 0 spiro atoms. The molecule has 0 amide bonds. The molecular formula is C24H28N4O3S. The van der Waals surface area contributed by atoms with Crippen LogP contribution < -0.4 is 5.56 Å². The van der Waals surface area contributed by atoms with E-state index in [-0.39, 0.29) is 10.5 Å². The largest absolute Gasteiger partial charge is 0.295 e. The lowest BCUT2D eigenvalue weighted by molar-refractivity contribution is 0.346. The number of piperidine rings is 1. The summed E-state index contributed by atoms with van der Waals surface area (Å²) in [6, 6.07) is 12.4. The van der Waals surface area contributed by atoms with E-state index in [0.717, 1.165) is 36.1 Å². The van der Waals surface area contributed by atoms with Crippen molar-refractivity contribution in [1.29, 1.82) is 0 Å². The SMILES string of the molecule is Cc1ccc(-n2[nH]c(C)c(C=Nc3ccc(S(=O)(=O)N4CCCCC4)cc3)c2=O)c(C)c1. The lowest BCUT2D eigenvalue weighted by atomic mass is 10.1. The number of aromatic amines is 1. The van der Waals surface area contributed by atoms with Gasteiger partial charge in [-0.1, -0.05) is 24.1 Å². The molecule has 0 atom stereocenters. The molecule has 7 nitrogen and oxygen atoms in total. The predicted octanol–water partition coefficient (Wildman–Crippen LogP) is 4.02. The summed E-state index contributed by atoms with van der Waals surface area (Å²) >= 11 is 0. The fourth-order valence-corrected chi connectivity index (χ4v) is 5.55. The van der Waals surface area contributed by atoms with E-state index in [4.69, 9.17) is 0 Å². The number of nitrogens with zero attached hydrogens (tertiary/aromatic N) is 3. The highest BCUT2D eigenvalue weighted by Gasteiger charge is 2.25. The Morgan fingerprint density at radius 1 is 0.969 bits per heavy atom. The number of H-pyrrole nitrogens is 1. The lowest BCUT2D eigenvalue weighted by Crippen LogP contribution is -2.35. The van der Waals surface area contributed by atoms with Crippen molar-refractivity contribution < 1.29 is 8.42 Å². The maximum absolute atomic E-state index is 13.0. The molecule has 1 fully saturated rings. The molecule has 0 bridgehead atoms. The summed E-state index contributed by atoms with van der Waals surface area (Å²) in [4.78, 5) is 17.6. The zero-order valence-corrected chi connectivity index (χ0v) is 19.4. The molecule has 8 heteroatoms. The van der Waals surface area contributed by atoms with E-state index in [0.29, 0.717) is 30.0 Å². The van der Waals surface area contributed by atoms with E-state index in [2.05, 4.69) is 10.1 Å². The Labute approximate surface area is 188 Å². The highest BCUT2D eigenvalue weighted by molar-refractivity contribution is 7.89. The normalized spacial score (nSPS) is 15.5. The second kappa shape index (κ2) is 8.88. The molecule has 1 saturated heterocycles. The molecule has 1 aliphatic rings. The molecule has 4 rings (SSSR count). The fraction of sp³-hybridized carbons (Fsp3) is 0.333. The summed E-state index contributed by atoms with van der Waals surface area (Å²) < 4.78 is 28.7. The van der Waals surface area contributed by atoms with Crippen LogP contribution in [-0.4, -0.2) is 41.8 Å². The Hall–Kier alpha value is -2.97. The highest BCUT2D eigenvalue weighted by Crippen LogP contribution is 2.23. The van der Waals surface area contributed by atoms with Crippen molar-refractivity contribution in [2.75, 3.05) is 13.1 Å². The number of aliphatic imine (C=N–C) groups is 1. The monoisotopic (exact) mass is 452 g/mol. The summed E-state index contributed by atoms with van der Waals surface area (Å²) in [7, 11) is -3.47. The van der Waals surface area contributed by atoms with Crippen LogP contribution in [0, 0.1) is 20.8 Å². The highest BCUT2D eigenvalue weighted by atomic mass is 32.2. The van der Waals surface area contributed by atoms with Crippen LogP contribution >= 0.6 is 0 Å². The first kappa shape index (κ1) is 22.2. The van der Waals surface area contributed by atoms with Gasteiger partial charge in [0.25, 0.3) is 5.56 Å². The average molecular weight is 453 g/mol. The van der Waals surface area contributed by atoms with Gasteiger partial charge >= 0.3 is 0 Å². The second-order valence-electron chi connectivity index (χ2n) is 8.30. The zero-order valence-electron chi connectivity index (χ0n) is 18.6. The standard InChI is InChI=1S/C24H28N4O3S/c1-17-7-12-23(18(2)15-17)28-24(29)22(19(3)26-28)16-25-20-8-10-21(11-9-20)32(30,31)27-13-5-4-6-14-27/h7-12,15-16,26H,4-6,13-14H2,1-3H3. The molecule has 1 aliphatic heterocycles. The minimum absolute atomic E-state index is 0.178. The first-order valence-corrected chi connectivity index (χ1v) is 12.2. The molecule has 0 unspecified atom stereocenters. The van der Waals surface area contributed by atoms with Crippen molar-refractivity contribution in [2.24, 2.45) is 4.99 Å². The van der Waals surface area contributed by atoms with E-state index >= 15 is 0 Å². The van der Waals surface area contributed by atoms with Crippen LogP contribution in [0.1, 0.15) is 41.6 Å². The number of sulfonamides is 1. The Bertz CT molecular complexity index is 1310. The minimum Gasteiger partial charge on any atom is -0.295 e. The van der Waals surface area contributed by atoms with Gasteiger partial charge in [-0.25, -0.2) is 13.1 Å². The van der Waals surface area contributed by atoms with Crippen LogP contribution in [0.4, 0.5) is 5.69 Å². The fourth-order valence-electron chi connectivity index (χ4n) is 4.04. The van der Waals surface area contributed by atoms with E-state index in [9.17, 15) is 13.2 Å². The third-order valence-electron chi connectivity index (χ3n) is 5.84. The van der Waals surface area contributed by atoms with Gasteiger partial charge < -0.3 is 0 Å². The summed E-state index contributed by atoms with van der Waals surface area (Å²) in [6.45, 7) is 6.96. The molecular weight excluding hydrogens is 424 g/mol. The molecule has 1 aromatic heterocycles. The van der Waals surface area contributed by atoms with Gasteiger partial charge in [-0.15, -0.1) is 0 Å². The first-order valence-electron chi connectivity index (χ1n) is 10.8. The molecule has 0 radical (unpaired) electrons. The summed E-state index contributed by atoms with van der Waals surface area (Å²) in [5.41, 5.74) is 4.52. The van der Waals surface area contributed by atoms with E-state index < -0.39 is 10.0 Å². The van der Waals surface area contributed by atoms with Crippen molar-refractivity contribution in [3.8, 4) is 5.69 Å². The van der Waals surface area contributed by atoms with Gasteiger partial charge in [0.1, 0.15) is 0 Å². The van der Waals surface area contributed by atoms with Gasteiger partial charge in [0.2, 0.25) is 10.0 Å². The van der Waals surface area contributed by atoms with Crippen molar-refractivity contribution in [3.63, 3.8) is 0 Å². The van der Waals surface area contributed by atoms with Gasteiger partial charge in [-0.2, -0.15) is 4.31 Å². The van der Waals surface area contributed by atoms with Crippen LogP contribution in [0.3, 0.4) is 0 Å². The van der Waals surface area contributed by atoms with Crippen molar-refractivity contribution in [3.05, 3.63) is 75.2 Å². The molecule has 2 heterocycles. The summed E-state index contributed by atoms with van der Waals surface area (Å²) in [6.07, 6.45) is 4.40. The molecule has 168 valence electrons. The quantitative estimate of drug-likeness (QED) is 0.593. The van der Waals surface area contributed by atoms with Crippen molar-refractivity contribution >= 4 is 21.9 Å². The smallest absolute Gasteiger partial charge is 0.280 e. The Balaban J connectivity index is 1.57. The predicted molar refractivity (Wildman–Crippen MR) is 127 cm³/mol. The third kappa shape index (κ3) is 4.33. The summed E-state index contributed by atoms with van der Waals surface area (Å²) in [5, 5.41) is 3.12. The number of hydrogen-bond acceptors (Lipinski definition) is 4. The third-order valence-corrected chi connectivity index (χ3v) is 7.76. The Morgan fingerprint density at radius 3 is 2.31 bits per heavy atom.